The highest BCUT2D eigenvalue weighted by Crippen LogP contribution is 2.36. The van der Waals surface area contributed by atoms with Crippen LogP contribution >= 0.6 is 24.0 Å². The molecule has 0 saturated heterocycles. The number of halogens is 3. The van der Waals surface area contributed by atoms with Crippen LogP contribution in [0.25, 0.3) is 0 Å². The topological polar surface area (TPSA) is 56.7 Å². The van der Waals surface area contributed by atoms with Crippen molar-refractivity contribution in [3.05, 3.63) is 35.4 Å². The van der Waals surface area contributed by atoms with E-state index in [2.05, 4.69) is 22.5 Å². The second kappa shape index (κ2) is 10.4. The van der Waals surface area contributed by atoms with Crippen LogP contribution in [-0.4, -0.2) is 30.3 Å². The first-order valence-corrected chi connectivity index (χ1v) is 9.03. The van der Waals surface area contributed by atoms with Crippen LogP contribution in [0.5, 0.6) is 0 Å². The molecular weight excluding hydrogens is 451 g/mol. The molecule has 1 fully saturated rings. The van der Waals surface area contributed by atoms with Gasteiger partial charge in [-0.1, -0.05) is 25.8 Å². The van der Waals surface area contributed by atoms with E-state index in [0.717, 1.165) is 31.7 Å². The first-order valence-electron chi connectivity index (χ1n) is 9.03. The van der Waals surface area contributed by atoms with Crippen LogP contribution in [0.1, 0.15) is 58.1 Å². The standard InChI is InChI=1S/C19H29F2N3O.HI/c1-4-22-18(23-12-19(3)10-6-5-7-17(19)25)24-13(2)14-8-9-15(20)16(21)11-14;/h8-9,11,13,17,25H,4-7,10,12H2,1-3H3,(H2,22,23,24);1H. The highest BCUT2D eigenvalue weighted by molar-refractivity contribution is 14.0. The Balaban J connectivity index is 0.00000338. The van der Waals surface area contributed by atoms with E-state index in [-0.39, 0.29) is 41.5 Å². The molecule has 0 heterocycles. The third-order valence-electron chi connectivity index (χ3n) is 5.02. The van der Waals surface area contributed by atoms with Crippen LogP contribution in [0.2, 0.25) is 0 Å². The van der Waals surface area contributed by atoms with Crippen molar-refractivity contribution in [3.8, 4) is 0 Å². The third-order valence-corrected chi connectivity index (χ3v) is 5.02. The van der Waals surface area contributed by atoms with Gasteiger partial charge < -0.3 is 15.7 Å². The SMILES string of the molecule is CCNC(=NCC1(C)CCCCC1O)NC(C)c1ccc(F)c(F)c1.I. The maximum Gasteiger partial charge on any atom is 0.191 e. The molecule has 0 spiro atoms. The van der Waals surface area contributed by atoms with E-state index in [1.165, 1.54) is 6.07 Å². The summed E-state index contributed by atoms with van der Waals surface area (Å²) < 4.78 is 26.5. The third kappa shape index (κ3) is 6.04. The zero-order chi connectivity index (χ0) is 18.4. The molecule has 0 aromatic heterocycles. The summed E-state index contributed by atoms with van der Waals surface area (Å²) in [5.74, 6) is -1.10. The number of aliphatic hydroxyl groups excluding tert-OH is 1. The van der Waals surface area contributed by atoms with Crippen molar-refractivity contribution < 1.29 is 13.9 Å². The average molecular weight is 481 g/mol. The number of aliphatic hydroxyl groups is 1. The zero-order valence-corrected chi connectivity index (χ0v) is 18.0. The minimum absolute atomic E-state index is 0. The quantitative estimate of drug-likeness (QED) is 0.337. The van der Waals surface area contributed by atoms with Gasteiger partial charge in [-0.3, -0.25) is 4.99 Å². The van der Waals surface area contributed by atoms with Gasteiger partial charge >= 0.3 is 0 Å². The molecular formula is C19H30F2IN3O. The number of benzene rings is 1. The van der Waals surface area contributed by atoms with Crippen LogP contribution in [0.15, 0.2) is 23.2 Å². The number of rotatable bonds is 5. The molecule has 1 aliphatic rings. The lowest BCUT2D eigenvalue weighted by molar-refractivity contribution is 0.00715. The molecule has 1 aromatic rings. The maximum atomic E-state index is 13.4. The van der Waals surface area contributed by atoms with Gasteiger partial charge in [-0.05, 0) is 44.4 Å². The Bertz CT molecular complexity index is 614. The highest BCUT2D eigenvalue weighted by atomic mass is 127. The zero-order valence-electron chi connectivity index (χ0n) is 15.7. The minimum atomic E-state index is -0.856. The number of nitrogens with zero attached hydrogens (tertiary/aromatic N) is 1. The first kappa shape index (κ1) is 23.1. The van der Waals surface area contributed by atoms with Crippen LogP contribution in [-0.2, 0) is 0 Å². The monoisotopic (exact) mass is 481 g/mol. The van der Waals surface area contributed by atoms with Crippen molar-refractivity contribution in [3.63, 3.8) is 0 Å². The van der Waals surface area contributed by atoms with Crippen LogP contribution in [0.4, 0.5) is 8.78 Å². The maximum absolute atomic E-state index is 13.4. The summed E-state index contributed by atoms with van der Waals surface area (Å²) in [5, 5.41) is 16.7. The van der Waals surface area contributed by atoms with Crippen molar-refractivity contribution in [1.82, 2.24) is 10.6 Å². The summed E-state index contributed by atoms with van der Waals surface area (Å²) in [5.41, 5.74) is 0.430. The van der Waals surface area contributed by atoms with E-state index >= 15 is 0 Å². The molecule has 2 rings (SSSR count). The molecule has 0 aliphatic heterocycles. The fraction of sp³-hybridized carbons (Fsp3) is 0.632. The molecule has 26 heavy (non-hydrogen) atoms. The van der Waals surface area contributed by atoms with Crippen molar-refractivity contribution >= 4 is 29.9 Å². The van der Waals surface area contributed by atoms with Gasteiger partial charge in [0, 0.05) is 12.0 Å². The van der Waals surface area contributed by atoms with Gasteiger partial charge in [0.2, 0.25) is 0 Å². The Kier molecular flexibility index (Phi) is 9.23. The van der Waals surface area contributed by atoms with Crippen LogP contribution in [0.3, 0.4) is 0 Å². The lowest BCUT2D eigenvalue weighted by Gasteiger charge is -2.37. The Labute approximate surface area is 171 Å². The summed E-state index contributed by atoms with van der Waals surface area (Å²) >= 11 is 0. The summed E-state index contributed by atoms with van der Waals surface area (Å²) in [6.07, 6.45) is 3.61. The van der Waals surface area contributed by atoms with Gasteiger partial charge in [0.1, 0.15) is 0 Å². The van der Waals surface area contributed by atoms with E-state index in [1.807, 2.05) is 13.8 Å². The van der Waals surface area contributed by atoms with Crippen molar-refractivity contribution in [2.75, 3.05) is 13.1 Å². The van der Waals surface area contributed by atoms with E-state index < -0.39 is 11.6 Å². The number of hydrogen-bond acceptors (Lipinski definition) is 2. The van der Waals surface area contributed by atoms with Gasteiger partial charge in [0.25, 0.3) is 0 Å². The largest absolute Gasteiger partial charge is 0.392 e. The summed E-state index contributed by atoms with van der Waals surface area (Å²) in [6.45, 7) is 7.12. The molecule has 1 saturated carbocycles. The summed E-state index contributed by atoms with van der Waals surface area (Å²) in [4.78, 5) is 4.63. The molecule has 0 amide bonds. The fourth-order valence-electron chi connectivity index (χ4n) is 3.22. The van der Waals surface area contributed by atoms with E-state index in [0.29, 0.717) is 24.6 Å². The van der Waals surface area contributed by atoms with E-state index in [1.54, 1.807) is 6.07 Å². The Morgan fingerprint density at radius 1 is 1.35 bits per heavy atom. The van der Waals surface area contributed by atoms with Crippen molar-refractivity contribution in [2.24, 2.45) is 10.4 Å². The van der Waals surface area contributed by atoms with Gasteiger partial charge in [-0.25, -0.2) is 8.78 Å². The summed E-state index contributed by atoms with van der Waals surface area (Å²) in [6, 6.07) is 3.66. The normalized spacial score (nSPS) is 24.5. The lowest BCUT2D eigenvalue weighted by atomic mass is 9.73. The van der Waals surface area contributed by atoms with Crippen LogP contribution in [0, 0.1) is 17.0 Å². The average Bonchev–Trinajstić information content (AvgIpc) is 2.58. The molecule has 7 heteroatoms. The molecule has 3 N–H and O–H groups in total. The molecule has 0 bridgehead atoms. The van der Waals surface area contributed by atoms with Gasteiger partial charge in [-0.15, -0.1) is 24.0 Å². The lowest BCUT2D eigenvalue weighted by Crippen LogP contribution is -2.42. The molecule has 4 nitrogen and oxygen atoms in total. The number of aliphatic imine (C=N–C) groups is 1. The Morgan fingerprint density at radius 3 is 2.69 bits per heavy atom. The van der Waals surface area contributed by atoms with Gasteiger partial charge in [0.05, 0.1) is 18.7 Å². The second-order valence-corrected chi connectivity index (χ2v) is 7.15. The molecule has 3 unspecified atom stereocenters. The van der Waals surface area contributed by atoms with Crippen molar-refractivity contribution in [2.45, 2.75) is 58.6 Å². The number of guanidine groups is 1. The smallest absolute Gasteiger partial charge is 0.191 e. The second-order valence-electron chi connectivity index (χ2n) is 7.15. The minimum Gasteiger partial charge on any atom is -0.392 e. The first-order chi connectivity index (χ1) is 11.9. The van der Waals surface area contributed by atoms with Crippen molar-refractivity contribution in [1.29, 1.82) is 0 Å². The Hall–Kier alpha value is -0.960. The number of nitrogens with one attached hydrogen (secondary N) is 2. The predicted octanol–water partition coefficient (Wildman–Crippen LogP) is 4.14. The molecule has 148 valence electrons. The number of hydrogen-bond donors (Lipinski definition) is 3. The highest BCUT2D eigenvalue weighted by Gasteiger charge is 2.35. The van der Waals surface area contributed by atoms with E-state index in [4.69, 9.17) is 0 Å². The molecule has 0 radical (unpaired) electrons. The molecule has 1 aromatic carbocycles. The molecule has 3 atom stereocenters. The summed E-state index contributed by atoms with van der Waals surface area (Å²) in [7, 11) is 0. The Morgan fingerprint density at radius 2 is 2.08 bits per heavy atom. The van der Waals surface area contributed by atoms with Gasteiger partial charge in [-0.2, -0.15) is 0 Å². The van der Waals surface area contributed by atoms with Gasteiger partial charge in [0.15, 0.2) is 17.6 Å². The van der Waals surface area contributed by atoms with E-state index in [9.17, 15) is 13.9 Å². The predicted molar refractivity (Wildman–Crippen MR) is 112 cm³/mol. The fourth-order valence-corrected chi connectivity index (χ4v) is 3.22. The molecule has 1 aliphatic carbocycles. The van der Waals surface area contributed by atoms with Crippen LogP contribution < -0.4 is 10.6 Å².